The third-order valence-electron chi connectivity index (χ3n) is 1.58. The molecule has 1 rings (SSSR count). The normalized spacial score (nSPS) is 9.20. The van der Waals surface area contributed by atoms with E-state index in [9.17, 15) is 4.79 Å². The van der Waals surface area contributed by atoms with Gasteiger partial charge in [-0.2, -0.15) is 0 Å². The summed E-state index contributed by atoms with van der Waals surface area (Å²) in [7, 11) is 0. The van der Waals surface area contributed by atoms with E-state index in [0.29, 0.717) is 21.3 Å². The number of nitrogen functional groups attached to an aromatic ring is 1. The van der Waals surface area contributed by atoms with E-state index < -0.39 is 5.91 Å². The highest BCUT2D eigenvalue weighted by Crippen LogP contribution is 2.26. The second kappa shape index (κ2) is 4.92. The Morgan fingerprint density at radius 1 is 1.40 bits per heavy atom. The Bertz CT molecular complexity index is 460. The van der Waals surface area contributed by atoms with E-state index in [0.717, 1.165) is 0 Å². The average molecular weight is 243 g/mol. The molecule has 0 aliphatic heterocycles. The molecule has 0 heterocycles. The number of carbonyl (C=O) groups is 1. The number of primary amides is 1. The van der Waals surface area contributed by atoms with E-state index in [1.807, 2.05) is 0 Å². The molecular weight excluding hydrogens is 235 g/mol. The maximum absolute atomic E-state index is 10.4. The van der Waals surface area contributed by atoms with Crippen molar-refractivity contribution in [2.24, 2.45) is 5.73 Å². The highest BCUT2D eigenvalue weighted by atomic mass is 35.5. The van der Waals surface area contributed by atoms with Crippen molar-refractivity contribution in [1.82, 2.24) is 0 Å². The van der Waals surface area contributed by atoms with Crippen LogP contribution in [0.1, 0.15) is 12.0 Å². The van der Waals surface area contributed by atoms with Gasteiger partial charge in [-0.25, -0.2) is 0 Å². The average Bonchev–Trinajstić information content (AvgIpc) is 2.12. The van der Waals surface area contributed by atoms with Gasteiger partial charge in [0.1, 0.15) is 0 Å². The molecule has 5 heteroatoms. The lowest BCUT2D eigenvalue weighted by atomic mass is 10.2. The van der Waals surface area contributed by atoms with Crippen molar-refractivity contribution >= 4 is 34.8 Å². The van der Waals surface area contributed by atoms with Gasteiger partial charge in [-0.15, -0.1) is 0 Å². The second-order valence-corrected chi connectivity index (χ2v) is 3.64. The number of halogens is 2. The summed E-state index contributed by atoms with van der Waals surface area (Å²) >= 11 is 11.6. The SMILES string of the molecule is NC(=O)CC#Cc1cc(Cl)cc(Cl)c1N. The number of rotatable bonds is 1. The summed E-state index contributed by atoms with van der Waals surface area (Å²) in [6.07, 6.45) is -0.0242. The highest BCUT2D eigenvalue weighted by Gasteiger charge is 2.03. The van der Waals surface area contributed by atoms with Gasteiger partial charge in [0.2, 0.25) is 5.91 Å². The zero-order valence-corrected chi connectivity index (χ0v) is 9.19. The van der Waals surface area contributed by atoms with Crippen LogP contribution in [0.5, 0.6) is 0 Å². The molecule has 1 amide bonds. The maximum Gasteiger partial charge on any atom is 0.229 e. The first-order valence-corrected chi connectivity index (χ1v) is 4.78. The molecule has 3 nitrogen and oxygen atoms in total. The minimum Gasteiger partial charge on any atom is -0.397 e. The lowest BCUT2D eigenvalue weighted by molar-refractivity contribution is -0.117. The van der Waals surface area contributed by atoms with Crippen LogP contribution in [-0.2, 0) is 4.79 Å². The van der Waals surface area contributed by atoms with Crippen LogP contribution < -0.4 is 11.5 Å². The number of nitrogens with two attached hydrogens (primary N) is 2. The fourth-order valence-corrected chi connectivity index (χ4v) is 1.41. The first-order chi connectivity index (χ1) is 7.00. The number of carbonyl (C=O) groups excluding carboxylic acids is 1. The molecule has 0 bridgehead atoms. The molecule has 0 spiro atoms. The molecular formula is C10H8Cl2N2O. The van der Waals surface area contributed by atoms with Crippen LogP contribution in [0.15, 0.2) is 12.1 Å². The van der Waals surface area contributed by atoms with Crippen molar-refractivity contribution in [3.63, 3.8) is 0 Å². The highest BCUT2D eigenvalue weighted by molar-refractivity contribution is 6.36. The Morgan fingerprint density at radius 2 is 2.07 bits per heavy atom. The van der Waals surface area contributed by atoms with Crippen molar-refractivity contribution in [2.75, 3.05) is 5.73 Å². The maximum atomic E-state index is 10.4. The zero-order valence-electron chi connectivity index (χ0n) is 7.68. The van der Waals surface area contributed by atoms with Crippen molar-refractivity contribution in [2.45, 2.75) is 6.42 Å². The molecule has 0 aromatic heterocycles. The minimum atomic E-state index is -0.491. The molecule has 1 aromatic carbocycles. The van der Waals surface area contributed by atoms with E-state index in [2.05, 4.69) is 11.8 Å². The molecule has 0 saturated carbocycles. The standard InChI is InChI=1S/C10H8Cl2N2O/c11-7-4-6(2-1-3-9(13)15)10(14)8(12)5-7/h4-5H,3,14H2,(H2,13,15). The molecule has 4 N–H and O–H groups in total. The van der Waals surface area contributed by atoms with Gasteiger partial charge in [0.25, 0.3) is 0 Å². The Hall–Kier alpha value is -1.37. The van der Waals surface area contributed by atoms with Crippen molar-refractivity contribution in [1.29, 1.82) is 0 Å². The number of hydrogen-bond acceptors (Lipinski definition) is 2. The number of amides is 1. The van der Waals surface area contributed by atoms with Crippen LogP contribution in [-0.4, -0.2) is 5.91 Å². The van der Waals surface area contributed by atoms with Gasteiger partial charge in [-0.1, -0.05) is 35.0 Å². The summed E-state index contributed by atoms with van der Waals surface area (Å²) in [4.78, 5) is 10.4. The van der Waals surface area contributed by atoms with Gasteiger partial charge in [-0.05, 0) is 12.1 Å². The zero-order chi connectivity index (χ0) is 11.4. The number of benzene rings is 1. The van der Waals surface area contributed by atoms with Crippen LogP contribution in [0.3, 0.4) is 0 Å². The quantitative estimate of drug-likeness (QED) is 0.583. The lowest BCUT2D eigenvalue weighted by Crippen LogP contribution is -2.08. The predicted molar refractivity (Wildman–Crippen MR) is 61.6 cm³/mol. The van der Waals surface area contributed by atoms with Crippen LogP contribution in [0, 0.1) is 11.8 Å². The summed E-state index contributed by atoms with van der Waals surface area (Å²) in [5, 5.41) is 0.781. The monoisotopic (exact) mass is 242 g/mol. The van der Waals surface area contributed by atoms with E-state index in [1.165, 1.54) is 6.07 Å². The first-order valence-electron chi connectivity index (χ1n) is 4.02. The van der Waals surface area contributed by atoms with E-state index >= 15 is 0 Å². The molecule has 1 aromatic rings. The molecule has 15 heavy (non-hydrogen) atoms. The Kier molecular flexibility index (Phi) is 3.84. The third kappa shape index (κ3) is 3.35. The second-order valence-electron chi connectivity index (χ2n) is 2.79. The Labute approximate surface area is 97.3 Å². The van der Waals surface area contributed by atoms with Gasteiger partial charge in [0, 0.05) is 5.02 Å². The third-order valence-corrected chi connectivity index (χ3v) is 2.11. The Balaban J connectivity index is 3.02. The summed E-state index contributed by atoms with van der Waals surface area (Å²) < 4.78 is 0. The van der Waals surface area contributed by atoms with Crippen LogP contribution >= 0.6 is 23.2 Å². The van der Waals surface area contributed by atoms with Crippen molar-refractivity contribution in [3.8, 4) is 11.8 Å². The smallest absolute Gasteiger partial charge is 0.229 e. The summed E-state index contributed by atoms with van der Waals surface area (Å²) in [5.74, 6) is 4.76. The predicted octanol–water partition coefficient (Wildman–Crippen LogP) is 1.80. The lowest BCUT2D eigenvalue weighted by Gasteiger charge is -2.01. The van der Waals surface area contributed by atoms with Crippen LogP contribution in [0.4, 0.5) is 5.69 Å². The van der Waals surface area contributed by atoms with Gasteiger partial charge in [-0.3, -0.25) is 4.79 Å². The first kappa shape index (κ1) is 11.7. The molecule has 0 fully saturated rings. The molecule has 0 saturated heterocycles. The van der Waals surface area contributed by atoms with Crippen LogP contribution in [0.25, 0.3) is 0 Å². The van der Waals surface area contributed by atoms with E-state index in [1.54, 1.807) is 6.07 Å². The molecule has 0 radical (unpaired) electrons. The summed E-state index contributed by atoms with van der Waals surface area (Å²) in [6.45, 7) is 0. The van der Waals surface area contributed by atoms with Crippen molar-refractivity contribution in [3.05, 3.63) is 27.7 Å². The topological polar surface area (TPSA) is 69.1 Å². The number of anilines is 1. The Morgan fingerprint density at radius 3 is 2.67 bits per heavy atom. The molecule has 0 unspecified atom stereocenters. The fraction of sp³-hybridized carbons (Fsp3) is 0.100. The van der Waals surface area contributed by atoms with Gasteiger partial charge in [0.15, 0.2) is 0 Å². The van der Waals surface area contributed by atoms with Gasteiger partial charge < -0.3 is 11.5 Å². The number of hydrogen-bond donors (Lipinski definition) is 2. The minimum absolute atomic E-state index is 0.0242. The molecule has 0 aliphatic rings. The van der Waals surface area contributed by atoms with Crippen molar-refractivity contribution < 1.29 is 4.79 Å². The molecule has 0 aliphatic carbocycles. The largest absolute Gasteiger partial charge is 0.397 e. The summed E-state index contributed by atoms with van der Waals surface area (Å²) in [5.41, 5.74) is 11.4. The van der Waals surface area contributed by atoms with Gasteiger partial charge in [0.05, 0.1) is 22.7 Å². The van der Waals surface area contributed by atoms with E-state index in [-0.39, 0.29) is 6.42 Å². The van der Waals surface area contributed by atoms with Gasteiger partial charge >= 0.3 is 0 Å². The molecule has 78 valence electrons. The fourth-order valence-electron chi connectivity index (χ4n) is 0.915. The van der Waals surface area contributed by atoms with E-state index in [4.69, 9.17) is 34.7 Å². The van der Waals surface area contributed by atoms with Crippen LogP contribution in [0.2, 0.25) is 10.0 Å². The summed E-state index contributed by atoms with van der Waals surface area (Å²) in [6, 6.07) is 3.11. The molecule has 0 atom stereocenters.